The Morgan fingerprint density at radius 1 is 1.37 bits per heavy atom. The van der Waals surface area contributed by atoms with E-state index in [1.807, 2.05) is 37.4 Å². The zero-order valence-electron chi connectivity index (χ0n) is 11.2. The van der Waals surface area contributed by atoms with Crippen molar-refractivity contribution in [3.05, 3.63) is 48.5 Å². The molecule has 19 heavy (non-hydrogen) atoms. The largest absolute Gasteiger partial charge is 0.339 e. The Balaban J connectivity index is 2.22. The van der Waals surface area contributed by atoms with Gasteiger partial charge in [0, 0.05) is 25.8 Å². The van der Waals surface area contributed by atoms with Crippen molar-refractivity contribution in [1.29, 1.82) is 0 Å². The summed E-state index contributed by atoms with van der Waals surface area (Å²) in [5, 5.41) is 3.03. The highest BCUT2D eigenvalue weighted by molar-refractivity contribution is 5.92. The van der Waals surface area contributed by atoms with Crippen LogP contribution < -0.4 is 5.32 Å². The number of benzene rings is 1. The van der Waals surface area contributed by atoms with Crippen molar-refractivity contribution in [2.45, 2.75) is 0 Å². The van der Waals surface area contributed by atoms with Crippen LogP contribution >= 0.6 is 0 Å². The second-order valence-electron chi connectivity index (χ2n) is 4.31. The third-order valence-electron chi connectivity index (χ3n) is 2.94. The van der Waals surface area contributed by atoms with Crippen molar-refractivity contribution in [2.75, 3.05) is 27.2 Å². The molecule has 0 radical (unpaired) electrons. The fraction of sp³-hybridized carbons (Fsp3) is 0.286. The molecular formula is C14H18N4O. The lowest BCUT2D eigenvalue weighted by molar-refractivity contribution is 0.0789. The van der Waals surface area contributed by atoms with Crippen LogP contribution in [0.15, 0.2) is 42.9 Å². The number of amides is 1. The molecule has 5 nitrogen and oxygen atoms in total. The molecule has 2 aromatic rings. The Hall–Kier alpha value is -2.14. The van der Waals surface area contributed by atoms with E-state index in [2.05, 4.69) is 10.3 Å². The molecule has 0 aliphatic carbocycles. The van der Waals surface area contributed by atoms with Gasteiger partial charge in [-0.2, -0.15) is 0 Å². The van der Waals surface area contributed by atoms with Gasteiger partial charge in [0.05, 0.1) is 12.5 Å². The van der Waals surface area contributed by atoms with Gasteiger partial charge in [0.15, 0.2) is 0 Å². The zero-order chi connectivity index (χ0) is 13.7. The van der Waals surface area contributed by atoms with Crippen LogP contribution in [0, 0.1) is 0 Å². The number of aromatic nitrogens is 2. The third-order valence-corrected chi connectivity index (χ3v) is 2.94. The highest BCUT2D eigenvalue weighted by atomic mass is 16.2. The van der Waals surface area contributed by atoms with Gasteiger partial charge in [-0.05, 0) is 19.2 Å². The molecule has 0 unspecified atom stereocenters. The van der Waals surface area contributed by atoms with Gasteiger partial charge in [0.25, 0.3) is 5.91 Å². The summed E-state index contributed by atoms with van der Waals surface area (Å²) in [5.41, 5.74) is 1.51. The molecule has 0 aliphatic heterocycles. The highest BCUT2D eigenvalue weighted by Crippen LogP contribution is 2.12. The third kappa shape index (κ3) is 3.00. The summed E-state index contributed by atoms with van der Waals surface area (Å²) in [6, 6.07) is 9.72. The lowest BCUT2D eigenvalue weighted by Crippen LogP contribution is -2.33. The predicted octanol–water partition coefficient (Wildman–Crippen LogP) is 1.16. The van der Waals surface area contributed by atoms with E-state index in [0.717, 1.165) is 12.2 Å². The molecular weight excluding hydrogens is 240 g/mol. The van der Waals surface area contributed by atoms with Gasteiger partial charge in [-0.1, -0.05) is 18.2 Å². The van der Waals surface area contributed by atoms with Crippen molar-refractivity contribution in [1.82, 2.24) is 19.8 Å². The van der Waals surface area contributed by atoms with Crippen molar-refractivity contribution in [2.24, 2.45) is 0 Å². The molecule has 1 aromatic carbocycles. The number of carbonyl (C=O) groups excluding carboxylic acids is 1. The minimum absolute atomic E-state index is 0.0309. The summed E-state index contributed by atoms with van der Waals surface area (Å²) >= 11 is 0. The van der Waals surface area contributed by atoms with Crippen LogP contribution in [-0.2, 0) is 0 Å². The SMILES string of the molecule is CNCCN(C)C(=O)c1cncn1-c1ccccc1. The molecule has 0 fully saturated rings. The number of carbonyl (C=O) groups is 1. The minimum Gasteiger partial charge on any atom is -0.339 e. The Kier molecular flexibility index (Phi) is 4.30. The molecule has 1 heterocycles. The van der Waals surface area contributed by atoms with Crippen molar-refractivity contribution in [3.63, 3.8) is 0 Å². The number of nitrogens with one attached hydrogen (secondary N) is 1. The molecule has 1 N–H and O–H groups in total. The van der Waals surface area contributed by atoms with E-state index in [0.29, 0.717) is 12.2 Å². The molecule has 0 atom stereocenters. The summed E-state index contributed by atoms with van der Waals surface area (Å²) in [4.78, 5) is 18.1. The highest BCUT2D eigenvalue weighted by Gasteiger charge is 2.16. The van der Waals surface area contributed by atoms with Crippen LogP contribution in [0.5, 0.6) is 0 Å². The van der Waals surface area contributed by atoms with Crippen LogP contribution in [0.3, 0.4) is 0 Å². The smallest absolute Gasteiger partial charge is 0.272 e. The van der Waals surface area contributed by atoms with E-state index in [4.69, 9.17) is 0 Å². The quantitative estimate of drug-likeness (QED) is 0.875. The molecule has 0 bridgehead atoms. The topological polar surface area (TPSA) is 50.2 Å². The maximum Gasteiger partial charge on any atom is 0.272 e. The lowest BCUT2D eigenvalue weighted by Gasteiger charge is -2.17. The van der Waals surface area contributed by atoms with Gasteiger partial charge in [0.2, 0.25) is 0 Å². The fourth-order valence-corrected chi connectivity index (χ4v) is 1.82. The minimum atomic E-state index is -0.0309. The van der Waals surface area contributed by atoms with Crippen LogP contribution in [0.1, 0.15) is 10.5 Å². The molecule has 0 saturated heterocycles. The van der Waals surface area contributed by atoms with Crippen LogP contribution in [0.4, 0.5) is 0 Å². The average molecular weight is 258 g/mol. The number of likely N-dealkylation sites (N-methyl/N-ethyl adjacent to an activating group) is 2. The first-order valence-electron chi connectivity index (χ1n) is 6.22. The number of hydrogen-bond acceptors (Lipinski definition) is 3. The molecule has 2 rings (SSSR count). The van der Waals surface area contributed by atoms with Gasteiger partial charge in [-0.3, -0.25) is 9.36 Å². The first-order chi connectivity index (χ1) is 9.24. The Morgan fingerprint density at radius 3 is 2.79 bits per heavy atom. The second-order valence-corrected chi connectivity index (χ2v) is 4.31. The molecule has 5 heteroatoms. The molecule has 1 aromatic heterocycles. The van der Waals surface area contributed by atoms with Gasteiger partial charge in [-0.15, -0.1) is 0 Å². The fourth-order valence-electron chi connectivity index (χ4n) is 1.82. The Bertz CT molecular complexity index is 535. The average Bonchev–Trinajstić information content (AvgIpc) is 2.94. The van der Waals surface area contributed by atoms with Gasteiger partial charge in [0.1, 0.15) is 5.69 Å². The van der Waals surface area contributed by atoms with Gasteiger partial charge in [-0.25, -0.2) is 4.98 Å². The number of rotatable bonds is 5. The zero-order valence-corrected chi connectivity index (χ0v) is 11.2. The monoisotopic (exact) mass is 258 g/mol. The number of para-hydroxylation sites is 1. The normalized spacial score (nSPS) is 10.4. The second kappa shape index (κ2) is 6.15. The van der Waals surface area contributed by atoms with Crippen LogP contribution in [0.2, 0.25) is 0 Å². The van der Waals surface area contributed by atoms with E-state index in [-0.39, 0.29) is 5.91 Å². The molecule has 0 saturated carbocycles. The first-order valence-corrected chi connectivity index (χ1v) is 6.22. The summed E-state index contributed by atoms with van der Waals surface area (Å²) in [7, 11) is 3.66. The molecule has 1 amide bonds. The van der Waals surface area contributed by atoms with E-state index < -0.39 is 0 Å². The number of imidazole rings is 1. The van der Waals surface area contributed by atoms with E-state index >= 15 is 0 Å². The summed E-state index contributed by atoms with van der Waals surface area (Å²) < 4.78 is 1.80. The van der Waals surface area contributed by atoms with Crippen molar-refractivity contribution >= 4 is 5.91 Å². The predicted molar refractivity (Wildman–Crippen MR) is 74.5 cm³/mol. The van der Waals surface area contributed by atoms with Crippen molar-refractivity contribution < 1.29 is 4.79 Å². The van der Waals surface area contributed by atoms with E-state index in [9.17, 15) is 4.79 Å². The summed E-state index contributed by atoms with van der Waals surface area (Å²) in [6.45, 7) is 1.43. The molecule has 0 spiro atoms. The van der Waals surface area contributed by atoms with Crippen molar-refractivity contribution in [3.8, 4) is 5.69 Å². The van der Waals surface area contributed by atoms with Gasteiger partial charge >= 0.3 is 0 Å². The first kappa shape index (κ1) is 13.3. The summed E-state index contributed by atoms with van der Waals surface area (Å²) in [5.74, 6) is -0.0309. The Labute approximate surface area is 112 Å². The maximum atomic E-state index is 12.3. The van der Waals surface area contributed by atoms with Crippen LogP contribution in [0.25, 0.3) is 5.69 Å². The number of nitrogens with zero attached hydrogens (tertiary/aromatic N) is 3. The Morgan fingerprint density at radius 2 is 2.11 bits per heavy atom. The van der Waals surface area contributed by atoms with Crippen LogP contribution in [-0.4, -0.2) is 47.5 Å². The standard InChI is InChI=1S/C14H18N4O/c1-15-8-9-17(2)14(19)13-10-16-11-18(13)12-6-4-3-5-7-12/h3-7,10-11,15H,8-9H2,1-2H3. The summed E-state index contributed by atoms with van der Waals surface area (Å²) in [6.07, 6.45) is 3.26. The molecule has 0 aliphatic rings. The maximum absolute atomic E-state index is 12.3. The lowest BCUT2D eigenvalue weighted by atomic mass is 10.3. The molecule has 100 valence electrons. The van der Waals surface area contributed by atoms with Gasteiger partial charge < -0.3 is 10.2 Å². The van der Waals surface area contributed by atoms with E-state index in [1.165, 1.54) is 0 Å². The van der Waals surface area contributed by atoms with E-state index in [1.54, 1.807) is 29.0 Å². The number of hydrogen-bond donors (Lipinski definition) is 1.